The van der Waals surface area contributed by atoms with E-state index in [1.807, 2.05) is 18.2 Å². The SMILES string of the molecule is COc1cccc2c1nc(N[C@@H]1CCCCNC1=O)n1nc(-c3cn[nH]c3)nc21. The number of rotatable bonds is 4. The van der Waals surface area contributed by atoms with Gasteiger partial charge < -0.3 is 15.4 Å². The lowest BCUT2D eigenvalue weighted by atomic mass is 10.1. The zero-order chi connectivity index (χ0) is 19.8. The van der Waals surface area contributed by atoms with Crippen molar-refractivity contribution in [3.8, 4) is 17.1 Å². The summed E-state index contributed by atoms with van der Waals surface area (Å²) in [6.45, 7) is 0.694. The number of amides is 1. The second-order valence-electron chi connectivity index (χ2n) is 6.93. The molecule has 1 amide bonds. The van der Waals surface area contributed by atoms with Gasteiger partial charge in [-0.25, -0.2) is 9.97 Å². The molecule has 4 aromatic rings. The molecule has 1 aliphatic heterocycles. The minimum Gasteiger partial charge on any atom is -0.494 e. The van der Waals surface area contributed by atoms with Crippen molar-refractivity contribution in [1.29, 1.82) is 0 Å². The Labute approximate surface area is 165 Å². The normalized spacial score (nSPS) is 17.3. The number of para-hydroxylation sites is 1. The highest BCUT2D eigenvalue weighted by atomic mass is 16.5. The number of methoxy groups -OCH3 is 1. The van der Waals surface area contributed by atoms with Crippen molar-refractivity contribution in [2.24, 2.45) is 0 Å². The fourth-order valence-corrected chi connectivity index (χ4v) is 3.59. The molecule has 5 rings (SSSR count). The van der Waals surface area contributed by atoms with Crippen molar-refractivity contribution in [2.75, 3.05) is 19.0 Å². The number of benzene rings is 1. The number of ether oxygens (including phenoxy) is 1. The van der Waals surface area contributed by atoms with Crippen molar-refractivity contribution in [1.82, 2.24) is 35.1 Å². The van der Waals surface area contributed by atoms with E-state index in [0.29, 0.717) is 35.2 Å². The van der Waals surface area contributed by atoms with Crippen LogP contribution in [0.5, 0.6) is 5.75 Å². The zero-order valence-electron chi connectivity index (χ0n) is 15.8. The highest BCUT2D eigenvalue weighted by Gasteiger charge is 2.24. The van der Waals surface area contributed by atoms with Crippen molar-refractivity contribution >= 4 is 28.4 Å². The average molecular weight is 392 g/mol. The summed E-state index contributed by atoms with van der Waals surface area (Å²) in [6, 6.07) is 5.28. The van der Waals surface area contributed by atoms with Crippen LogP contribution in [-0.4, -0.2) is 55.4 Å². The number of nitrogens with zero attached hydrogens (tertiary/aromatic N) is 5. The van der Waals surface area contributed by atoms with Crippen molar-refractivity contribution in [3.63, 3.8) is 0 Å². The first-order chi connectivity index (χ1) is 14.2. The maximum absolute atomic E-state index is 12.4. The lowest BCUT2D eigenvalue weighted by Crippen LogP contribution is -2.38. The Morgan fingerprint density at radius 1 is 1.28 bits per heavy atom. The maximum Gasteiger partial charge on any atom is 0.242 e. The number of H-pyrrole nitrogens is 1. The fourth-order valence-electron chi connectivity index (χ4n) is 3.59. The van der Waals surface area contributed by atoms with Crippen LogP contribution in [0.2, 0.25) is 0 Å². The Morgan fingerprint density at radius 3 is 3.03 bits per heavy atom. The Bertz CT molecular complexity index is 1180. The van der Waals surface area contributed by atoms with E-state index in [9.17, 15) is 4.79 Å². The van der Waals surface area contributed by atoms with E-state index in [0.717, 1.165) is 30.2 Å². The van der Waals surface area contributed by atoms with Crippen LogP contribution in [0, 0.1) is 0 Å². The van der Waals surface area contributed by atoms with Gasteiger partial charge in [-0.15, -0.1) is 5.10 Å². The first-order valence-corrected chi connectivity index (χ1v) is 9.51. The van der Waals surface area contributed by atoms with Crippen molar-refractivity contribution in [2.45, 2.75) is 25.3 Å². The molecule has 10 heteroatoms. The van der Waals surface area contributed by atoms with Gasteiger partial charge in [-0.3, -0.25) is 9.89 Å². The molecule has 0 bridgehead atoms. The van der Waals surface area contributed by atoms with Gasteiger partial charge in [0.25, 0.3) is 0 Å². The molecular formula is C19H20N8O2. The third kappa shape index (κ3) is 3.02. The molecular weight excluding hydrogens is 372 g/mol. The number of fused-ring (bicyclic) bond motifs is 3. The molecule has 0 saturated carbocycles. The minimum absolute atomic E-state index is 0.0345. The number of nitrogens with one attached hydrogen (secondary N) is 3. The van der Waals surface area contributed by atoms with Crippen LogP contribution in [0.15, 0.2) is 30.6 Å². The molecule has 148 valence electrons. The predicted molar refractivity (Wildman–Crippen MR) is 107 cm³/mol. The molecule has 1 saturated heterocycles. The zero-order valence-corrected chi connectivity index (χ0v) is 15.8. The third-order valence-corrected chi connectivity index (χ3v) is 5.08. The van der Waals surface area contributed by atoms with Crippen LogP contribution >= 0.6 is 0 Å². The topological polar surface area (TPSA) is 122 Å². The van der Waals surface area contributed by atoms with E-state index in [2.05, 4.69) is 25.9 Å². The van der Waals surface area contributed by atoms with E-state index in [1.165, 1.54) is 0 Å². The smallest absolute Gasteiger partial charge is 0.242 e. The Morgan fingerprint density at radius 2 is 2.21 bits per heavy atom. The molecule has 4 heterocycles. The number of aromatic nitrogens is 6. The van der Waals surface area contributed by atoms with E-state index < -0.39 is 0 Å². The van der Waals surface area contributed by atoms with Gasteiger partial charge in [0.15, 0.2) is 11.5 Å². The monoisotopic (exact) mass is 392 g/mol. The predicted octanol–water partition coefficient (Wildman–Crippen LogP) is 1.76. The molecule has 1 fully saturated rings. The van der Waals surface area contributed by atoms with E-state index in [-0.39, 0.29) is 11.9 Å². The number of carbonyl (C=O) groups excluding carboxylic acids is 1. The van der Waals surface area contributed by atoms with Crippen molar-refractivity contribution < 1.29 is 9.53 Å². The van der Waals surface area contributed by atoms with E-state index in [4.69, 9.17) is 14.7 Å². The third-order valence-electron chi connectivity index (χ3n) is 5.08. The lowest BCUT2D eigenvalue weighted by molar-refractivity contribution is -0.121. The highest BCUT2D eigenvalue weighted by molar-refractivity contribution is 5.96. The summed E-state index contributed by atoms with van der Waals surface area (Å²) in [5.74, 6) is 1.56. The van der Waals surface area contributed by atoms with Gasteiger partial charge in [0.1, 0.15) is 17.3 Å². The number of carbonyl (C=O) groups is 1. The lowest BCUT2D eigenvalue weighted by Gasteiger charge is -2.17. The Hall–Kier alpha value is -3.69. The molecule has 0 radical (unpaired) electrons. The minimum atomic E-state index is -0.387. The molecule has 1 aromatic carbocycles. The fraction of sp³-hybridized carbons (Fsp3) is 0.316. The van der Waals surface area contributed by atoms with E-state index in [1.54, 1.807) is 24.0 Å². The molecule has 0 unspecified atom stereocenters. The van der Waals surface area contributed by atoms with Gasteiger partial charge in [0.05, 0.1) is 18.9 Å². The standard InChI is InChI=1S/C19H20N8O2/c1-29-14-7-4-5-12-15(14)24-19(23-13-6-2-3-8-20-18(13)28)27-17(12)25-16(26-27)11-9-21-22-10-11/h4-5,7,9-10,13H,2-3,6,8H2,1H3,(H,20,28)(H,21,22)(H,23,24)/t13-/m1/s1. The molecule has 0 aliphatic carbocycles. The molecule has 3 aromatic heterocycles. The summed E-state index contributed by atoms with van der Waals surface area (Å²) >= 11 is 0. The maximum atomic E-state index is 12.4. The number of hydrogen-bond acceptors (Lipinski definition) is 7. The quantitative estimate of drug-likeness (QED) is 0.484. The number of anilines is 1. The summed E-state index contributed by atoms with van der Waals surface area (Å²) < 4.78 is 7.14. The molecule has 0 spiro atoms. The molecule has 1 atom stereocenters. The molecule has 29 heavy (non-hydrogen) atoms. The summed E-state index contributed by atoms with van der Waals surface area (Å²) in [6.07, 6.45) is 6.04. The van der Waals surface area contributed by atoms with Crippen LogP contribution in [-0.2, 0) is 4.79 Å². The van der Waals surface area contributed by atoms with Gasteiger partial charge in [0.2, 0.25) is 11.9 Å². The highest BCUT2D eigenvalue weighted by Crippen LogP contribution is 2.30. The van der Waals surface area contributed by atoms with Crippen LogP contribution in [0.3, 0.4) is 0 Å². The summed E-state index contributed by atoms with van der Waals surface area (Å²) in [5, 5.41) is 18.4. The first kappa shape index (κ1) is 17.4. The first-order valence-electron chi connectivity index (χ1n) is 9.51. The van der Waals surface area contributed by atoms with Crippen LogP contribution in [0.4, 0.5) is 5.95 Å². The second-order valence-corrected chi connectivity index (χ2v) is 6.93. The molecule has 10 nitrogen and oxygen atoms in total. The van der Waals surface area contributed by atoms with Gasteiger partial charge in [0, 0.05) is 18.1 Å². The van der Waals surface area contributed by atoms with Gasteiger partial charge in [-0.1, -0.05) is 6.07 Å². The molecule has 3 N–H and O–H groups in total. The Kier molecular flexibility index (Phi) is 4.23. The molecule has 1 aliphatic rings. The van der Waals surface area contributed by atoms with Crippen LogP contribution < -0.4 is 15.4 Å². The van der Waals surface area contributed by atoms with E-state index >= 15 is 0 Å². The van der Waals surface area contributed by atoms with Gasteiger partial charge in [-0.05, 0) is 31.4 Å². The van der Waals surface area contributed by atoms with Crippen LogP contribution in [0.1, 0.15) is 19.3 Å². The summed E-state index contributed by atoms with van der Waals surface area (Å²) in [4.78, 5) is 21.9. The van der Waals surface area contributed by atoms with Crippen LogP contribution in [0.25, 0.3) is 27.9 Å². The number of hydrogen-bond donors (Lipinski definition) is 3. The summed E-state index contributed by atoms with van der Waals surface area (Å²) in [5.41, 5.74) is 2.05. The second kappa shape index (κ2) is 7.04. The van der Waals surface area contributed by atoms with Gasteiger partial charge in [-0.2, -0.15) is 9.61 Å². The average Bonchev–Trinajstić information content (AvgIpc) is 3.38. The number of aromatic amines is 1. The Balaban J connectivity index is 1.70. The van der Waals surface area contributed by atoms with Gasteiger partial charge >= 0.3 is 0 Å². The largest absolute Gasteiger partial charge is 0.494 e. The summed E-state index contributed by atoms with van der Waals surface area (Å²) in [7, 11) is 1.60. The van der Waals surface area contributed by atoms with Crippen molar-refractivity contribution in [3.05, 3.63) is 30.6 Å².